The zero-order chi connectivity index (χ0) is 18.2. The van der Waals surface area contributed by atoms with Crippen LogP contribution in [0.15, 0.2) is 0 Å². The fraction of sp³-hybridized carbons (Fsp3) is 0.833. The molecule has 4 fully saturated rings. The van der Waals surface area contributed by atoms with Crippen molar-refractivity contribution in [1.82, 2.24) is 10.6 Å². The molecule has 4 saturated carbocycles. The summed E-state index contributed by atoms with van der Waals surface area (Å²) in [7, 11) is 0. The fourth-order valence-corrected chi connectivity index (χ4v) is 6.73. The Kier molecular flexibility index (Phi) is 5.15. The third kappa shape index (κ3) is 4.18. The lowest BCUT2D eigenvalue weighted by Gasteiger charge is -2.58. The maximum Gasteiger partial charge on any atom is 0.312 e. The SMILES string of the molecule is CC(C)NC(=O)CNC(=O)COC(=O)C12C[C@H]3C[C@@H](CC(Br)(C3)C1)C2. The number of carbonyl (C=O) groups is 3. The Balaban J connectivity index is 1.48. The molecule has 4 rings (SSSR count). The maximum atomic E-state index is 12.7. The van der Waals surface area contributed by atoms with E-state index in [0.29, 0.717) is 11.8 Å². The van der Waals surface area contributed by atoms with E-state index < -0.39 is 11.3 Å². The smallest absolute Gasteiger partial charge is 0.312 e. The second-order valence-electron chi connectivity index (χ2n) is 8.47. The van der Waals surface area contributed by atoms with E-state index in [1.807, 2.05) is 13.8 Å². The van der Waals surface area contributed by atoms with E-state index >= 15 is 0 Å². The van der Waals surface area contributed by atoms with E-state index in [0.717, 1.165) is 32.1 Å². The second-order valence-corrected chi connectivity index (χ2v) is 10.1. The van der Waals surface area contributed by atoms with Crippen LogP contribution in [-0.2, 0) is 19.1 Å². The first-order valence-corrected chi connectivity index (χ1v) is 9.91. The number of carbonyl (C=O) groups excluding carboxylic acids is 3. The van der Waals surface area contributed by atoms with Crippen LogP contribution in [0.3, 0.4) is 0 Å². The molecule has 2 amide bonds. The fourth-order valence-electron chi connectivity index (χ4n) is 5.28. The minimum atomic E-state index is -0.439. The molecule has 0 unspecified atom stereocenters. The van der Waals surface area contributed by atoms with Crippen LogP contribution in [0, 0.1) is 17.3 Å². The van der Waals surface area contributed by atoms with Gasteiger partial charge in [0.25, 0.3) is 5.91 Å². The monoisotopic (exact) mass is 414 g/mol. The molecule has 0 aromatic rings. The van der Waals surface area contributed by atoms with Crippen molar-refractivity contribution in [2.24, 2.45) is 17.3 Å². The van der Waals surface area contributed by atoms with Gasteiger partial charge >= 0.3 is 5.97 Å². The Labute approximate surface area is 156 Å². The van der Waals surface area contributed by atoms with E-state index in [1.54, 1.807) is 0 Å². The van der Waals surface area contributed by atoms with Crippen molar-refractivity contribution in [3.63, 3.8) is 0 Å². The van der Waals surface area contributed by atoms with E-state index in [4.69, 9.17) is 4.74 Å². The Bertz CT molecular complexity index is 563. The van der Waals surface area contributed by atoms with Gasteiger partial charge in [-0.3, -0.25) is 14.4 Å². The van der Waals surface area contributed by atoms with Gasteiger partial charge in [-0.2, -0.15) is 0 Å². The Hall–Kier alpha value is -1.11. The zero-order valence-electron chi connectivity index (χ0n) is 14.9. The maximum absolute atomic E-state index is 12.7. The average Bonchev–Trinajstić information content (AvgIpc) is 2.47. The van der Waals surface area contributed by atoms with Crippen molar-refractivity contribution in [2.45, 2.75) is 62.7 Å². The highest BCUT2D eigenvalue weighted by Crippen LogP contribution is 2.64. The summed E-state index contributed by atoms with van der Waals surface area (Å²) in [6, 6.07) is 0.0230. The minimum Gasteiger partial charge on any atom is -0.455 e. The summed E-state index contributed by atoms with van der Waals surface area (Å²) in [6.45, 7) is 3.28. The molecule has 4 bridgehead atoms. The topological polar surface area (TPSA) is 84.5 Å². The minimum absolute atomic E-state index is 0.0230. The second kappa shape index (κ2) is 6.89. The Morgan fingerprint density at radius 3 is 2.32 bits per heavy atom. The van der Waals surface area contributed by atoms with Crippen LogP contribution in [0.25, 0.3) is 0 Å². The number of halogens is 1. The molecule has 0 spiro atoms. The number of hydrogen-bond acceptors (Lipinski definition) is 4. The highest BCUT2D eigenvalue weighted by Gasteiger charge is 2.60. The summed E-state index contributed by atoms with van der Waals surface area (Å²) in [5, 5.41) is 5.18. The summed E-state index contributed by atoms with van der Waals surface area (Å²) in [4.78, 5) is 36.1. The van der Waals surface area contributed by atoms with Crippen LogP contribution < -0.4 is 10.6 Å². The van der Waals surface area contributed by atoms with E-state index in [-0.39, 0.29) is 35.4 Å². The van der Waals surface area contributed by atoms with Crippen LogP contribution in [0.5, 0.6) is 0 Å². The average molecular weight is 415 g/mol. The standard InChI is InChI=1S/C18H27BrN2O4/c1-11(2)21-14(22)8-20-15(23)9-25-16(24)17-4-12-3-13(5-17)7-18(19,6-12)10-17/h11-13H,3-10H2,1-2H3,(H,20,23)(H,21,22)/t12-,13-,17?,18?/m1/s1. The molecule has 2 atom stereocenters. The van der Waals surface area contributed by atoms with Crippen molar-refractivity contribution in [1.29, 1.82) is 0 Å². The molecule has 0 aliphatic heterocycles. The first-order chi connectivity index (χ1) is 11.7. The van der Waals surface area contributed by atoms with Crippen molar-refractivity contribution in [3.05, 3.63) is 0 Å². The summed E-state index contributed by atoms with van der Waals surface area (Å²) >= 11 is 3.87. The molecule has 2 N–H and O–H groups in total. The van der Waals surface area contributed by atoms with Crippen LogP contribution in [-0.4, -0.2) is 41.3 Å². The predicted molar refractivity (Wildman–Crippen MR) is 96.0 cm³/mol. The summed E-state index contributed by atoms with van der Waals surface area (Å²) in [5.41, 5.74) is -0.428. The Morgan fingerprint density at radius 1 is 1.12 bits per heavy atom. The largest absolute Gasteiger partial charge is 0.455 e. The highest BCUT2D eigenvalue weighted by atomic mass is 79.9. The normalized spacial score (nSPS) is 35.5. The third-order valence-corrected chi connectivity index (χ3v) is 6.58. The molecular formula is C18H27BrN2O4. The van der Waals surface area contributed by atoms with Gasteiger partial charge in [0.1, 0.15) is 0 Å². The number of amides is 2. The van der Waals surface area contributed by atoms with Gasteiger partial charge in [0.05, 0.1) is 12.0 Å². The van der Waals surface area contributed by atoms with Gasteiger partial charge in [-0.1, -0.05) is 15.9 Å². The van der Waals surface area contributed by atoms with Crippen molar-refractivity contribution in [3.8, 4) is 0 Å². The highest BCUT2D eigenvalue weighted by molar-refractivity contribution is 9.10. The van der Waals surface area contributed by atoms with Gasteiger partial charge in [-0.05, 0) is 64.2 Å². The molecule has 6 nitrogen and oxygen atoms in total. The van der Waals surface area contributed by atoms with Gasteiger partial charge in [0, 0.05) is 10.4 Å². The quantitative estimate of drug-likeness (QED) is 0.513. The van der Waals surface area contributed by atoms with Crippen molar-refractivity contribution >= 4 is 33.7 Å². The van der Waals surface area contributed by atoms with Crippen LogP contribution >= 0.6 is 15.9 Å². The number of rotatable bonds is 6. The third-order valence-electron chi connectivity index (χ3n) is 5.65. The van der Waals surface area contributed by atoms with E-state index in [2.05, 4.69) is 26.6 Å². The molecule has 140 valence electrons. The lowest BCUT2D eigenvalue weighted by atomic mass is 9.49. The first kappa shape index (κ1) is 18.7. The number of ether oxygens (including phenoxy) is 1. The first-order valence-electron chi connectivity index (χ1n) is 9.12. The zero-order valence-corrected chi connectivity index (χ0v) is 16.5. The summed E-state index contributed by atoms with van der Waals surface area (Å²) < 4.78 is 5.42. The van der Waals surface area contributed by atoms with E-state index in [1.165, 1.54) is 6.42 Å². The number of hydrogen-bond donors (Lipinski definition) is 2. The van der Waals surface area contributed by atoms with Crippen molar-refractivity contribution < 1.29 is 19.1 Å². The lowest BCUT2D eigenvalue weighted by molar-refractivity contribution is -0.171. The van der Waals surface area contributed by atoms with Crippen LogP contribution in [0.1, 0.15) is 52.4 Å². The molecule has 4 aliphatic carbocycles. The Morgan fingerprint density at radius 2 is 1.76 bits per heavy atom. The van der Waals surface area contributed by atoms with Crippen LogP contribution in [0.4, 0.5) is 0 Å². The van der Waals surface area contributed by atoms with Crippen molar-refractivity contribution in [2.75, 3.05) is 13.2 Å². The van der Waals surface area contributed by atoms with Gasteiger partial charge in [0.15, 0.2) is 6.61 Å². The van der Waals surface area contributed by atoms with Gasteiger partial charge < -0.3 is 15.4 Å². The lowest BCUT2D eigenvalue weighted by Crippen LogP contribution is -2.56. The molecule has 25 heavy (non-hydrogen) atoms. The molecule has 0 radical (unpaired) electrons. The number of nitrogens with one attached hydrogen (secondary N) is 2. The molecule has 0 aromatic carbocycles. The summed E-state index contributed by atoms with van der Waals surface area (Å²) in [5.74, 6) is 0.234. The summed E-state index contributed by atoms with van der Waals surface area (Å²) in [6.07, 6.45) is 6.08. The number of esters is 1. The van der Waals surface area contributed by atoms with Gasteiger partial charge in [-0.25, -0.2) is 0 Å². The van der Waals surface area contributed by atoms with E-state index in [9.17, 15) is 14.4 Å². The molecule has 0 saturated heterocycles. The molecular weight excluding hydrogens is 388 g/mol. The van der Waals surface area contributed by atoms with Gasteiger partial charge in [0.2, 0.25) is 5.91 Å². The molecule has 7 heteroatoms. The molecule has 0 aromatic heterocycles. The van der Waals surface area contributed by atoms with Crippen LogP contribution in [0.2, 0.25) is 0 Å². The predicted octanol–water partition coefficient (Wildman–Crippen LogP) is 1.90. The number of alkyl halides is 1. The van der Waals surface area contributed by atoms with Gasteiger partial charge in [-0.15, -0.1) is 0 Å². The molecule has 4 aliphatic rings. The molecule has 0 heterocycles.